The number of aromatic nitrogens is 2. The number of hydrogen-bond donors (Lipinski definition) is 0. The van der Waals surface area contributed by atoms with Gasteiger partial charge in [-0.3, -0.25) is 4.98 Å². The zero-order valence-corrected chi connectivity index (χ0v) is 16.2. The molecule has 0 spiro atoms. The molecule has 4 heteroatoms. The Morgan fingerprint density at radius 2 is 1.70 bits per heavy atom. The van der Waals surface area contributed by atoms with Crippen molar-refractivity contribution in [2.24, 2.45) is 0 Å². The summed E-state index contributed by atoms with van der Waals surface area (Å²) in [6, 6.07) is 6.66. The molecule has 2 saturated carbocycles. The van der Waals surface area contributed by atoms with Crippen LogP contribution in [0.2, 0.25) is 0 Å². The first-order chi connectivity index (χ1) is 13.2. The van der Waals surface area contributed by atoms with Gasteiger partial charge in [0, 0.05) is 38.6 Å². The molecule has 0 unspecified atom stereocenters. The fourth-order valence-corrected chi connectivity index (χ4v) is 4.08. The first kappa shape index (κ1) is 16.8. The number of rotatable bonds is 5. The molecule has 0 bridgehead atoms. The molecule has 0 amide bonds. The van der Waals surface area contributed by atoms with E-state index in [2.05, 4.69) is 52.7 Å². The van der Waals surface area contributed by atoms with E-state index in [1.165, 1.54) is 48.2 Å². The maximum absolute atomic E-state index is 4.94. The first-order valence-corrected chi connectivity index (χ1v) is 10.3. The van der Waals surface area contributed by atoms with Crippen LogP contribution in [0.5, 0.6) is 0 Å². The Kier molecular flexibility index (Phi) is 4.14. The highest BCUT2D eigenvalue weighted by Gasteiger charge is 2.32. The van der Waals surface area contributed by atoms with Crippen molar-refractivity contribution >= 4 is 11.5 Å². The van der Waals surface area contributed by atoms with E-state index in [0.29, 0.717) is 0 Å². The monoisotopic (exact) mass is 360 g/mol. The molecule has 3 aliphatic rings. The predicted octanol–water partition coefficient (Wildman–Crippen LogP) is 4.33. The summed E-state index contributed by atoms with van der Waals surface area (Å²) in [4.78, 5) is 14.3. The normalized spacial score (nSPS) is 20.0. The molecule has 3 heterocycles. The largest absolute Gasteiger partial charge is 0.367 e. The molecule has 4 nitrogen and oxygen atoms in total. The zero-order chi connectivity index (χ0) is 18.4. The highest BCUT2D eigenvalue weighted by Crippen LogP contribution is 2.47. The number of hydrogen-bond acceptors (Lipinski definition) is 4. The number of piperazine rings is 1. The molecule has 1 saturated heterocycles. The lowest BCUT2D eigenvalue weighted by Gasteiger charge is -2.38. The molecule has 0 N–H and O–H groups in total. The van der Waals surface area contributed by atoms with Crippen LogP contribution in [-0.2, 0) is 0 Å². The van der Waals surface area contributed by atoms with Crippen LogP contribution in [0.4, 0.5) is 5.82 Å². The standard InChI is InChI=1S/C23H28N4/c1-16-3-8-22(24-14-16)17(2)26-9-11-27(12-10-26)23-21(19-6-7-19)13-20(15-25-23)18-4-5-18/h3,8,13-15,18-19H,2,4-7,9-12H2,1H3. The minimum absolute atomic E-state index is 0.746. The summed E-state index contributed by atoms with van der Waals surface area (Å²) in [6.45, 7) is 10.3. The fourth-order valence-electron chi connectivity index (χ4n) is 4.08. The minimum atomic E-state index is 0.746. The van der Waals surface area contributed by atoms with Crippen LogP contribution in [0.3, 0.4) is 0 Å². The highest BCUT2D eigenvalue weighted by molar-refractivity contribution is 5.59. The smallest absolute Gasteiger partial charge is 0.132 e. The van der Waals surface area contributed by atoms with Crippen molar-refractivity contribution in [2.45, 2.75) is 44.4 Å². The van der Waals surface area contributed by atoms with Gasteiger partial charge < -0.3 is 9.80 Å². The molecule has 3 fully saturated rings. The van der Waals surface area contributed by atoms with Crippen molar-refractivity contribution in [2.75, 3.05) is 31.1 Å². The topological polar surface area (TPSA) is 32.3 Å². The lowest BCUT2D eigenvalue weighted by Crippen LogP contribution is -2.46. The van der Waals surface area contributed by atoms with Gasteiger partial charge in [-0.05, 0) is 67.2 Å². The van der Waals surface area contributed by atoms with Crippen molar-refractivity contribution in [3.8, 4) is 0 Å². The van der Waals surface area contributed by atoms with Gasteiger partial charge in [-0.25, -0.2) is 4.98 Å². The second-order valence-electron chi connectivity index (χ2n) is 8.37. The summed E-state index contributed by atoms with van der Waals surface area (Å²) >= 11 is 0. The predicted molar refractivity (Wildman–Crippen MR) is 110 cm³/mol. The van der Waals surface area contributed by atoms with Gasteiger partial charge in [0.25, 0.3) is 0 Å². The Bertz CT molecular complexity index is 841. The highest BCUT2D eigenvalue weighted by atomic mass is 15.3. The molecular formula is C23H28N4. The van der Waals surface area contributed by atoms with E-state index in [1.54, 1.807) is 0 Å². The Hall–Kier alpha value is -2.36. The lowest BCUT2D eigenvalue weighted by atomic mass is 10.1. The van der Waals surface area contributed by atoms with E-state index in [-0.39, 0.29) is 0 Å². The molecule has 2 aliphatic carbocycles. The van der Waals surface area contributed by atoms with Gasteiger partial charge in [-0.2, -0.15) is 0 Å². The molecule has 140 valence electrons. The Morgan fingerprint density at radius 3 is 2.33 bits per heavy atom. The molecule has 0 radical (unpaired) electrons. The number of nitrogens with zero attached hydrogens (tertiary/aromatic N) is 4. The van der Waals surface area contributed by atoms with E-state index < -0.39 is 0 Å². The summed E-state index contributed by atoms with van der Waals surface area (Å²) in [5.41, 5.74) is 6.18. The number of pyridine rings is 2. The molecule has 0 atom stereocenters. The fraction of sp³-hybridized carbons (Fsp3) is 0.478. The maximum Gasteiger partial charge on any atom is 0.132 e. The third-order valence-corrected chi connectivity index (χ3v) is 6.15. The van der Waals surface area contributed by atoms with E-state index in [0.717, 1.165) is 49.4 Å². The van der Waals surface area contributed by atoms with Crippen LogP contribution in [0.15, 0.2) is 37.2 Å². The number of aryl methyl sites for hydroxylation is 1. The zero-order valence-electron chi connectivity index (χ0n) is 16.2. The number of anilines is 1. The van der Waals surface area contributed by atoms with Crippen LogP contribution < -0.4 is 4.90 Å². The summed E-state index contributed by atoms with van der Waals surface area (Å²) < 4.78 is 0. The maximum atomic E-state index is 4.94. The summed E-state index contributed by atoms with van der Waals surface area (Å²) in [5.74, 6) is 2.77. The van der Waals surface area contributed by atoms with Gasteiger partial charge in [0.05, 0.1) is 11.4 Å². The van der Waals surface area contributed by atoms with Gasteiger partial charge in [-0.15, -0.1) is 0 Å². The minimum Gasteiger partial charge on any atom is -0.367 e. The molecule has 27 heavy (non-hydrogen) atoms. The van der Waals surface area contributed by atoms with E-state index in [9.17, 15) is 0 Å². The molecule has 5 rings (SSSR count). The third kappa shape index (κ3) is 3.45. The van der Waals surface area contributed by atoms with Gasteiger partial charge in [-0.1, -0.05) is 18.7 Å². The van der Waals surface area contributed by atoms with Crippen LogP contribution in [0, 0.1) is 6.92 Å². The Labute approximate surface area is 161 Å². The van der Waals surface area contributed by atoms with Gasteiger partial charge >= 0.3 is 0 Å². The summed E-state index contributed by atoms with van der Waals surface area (Å²) in [5, 5.41) is 0. The van der Waals surface area contributed by atoms with E-state index in [1.807, 2.05) is 6.20 Å². The summed E-state index contributed by atoms with van der Waals surface area (Å²) in [7, 11) is 0. The van der Waals surface area contributed by atoms with Crippen molar-refractivity contribution in [3.05, 3.63) is 59.6 Å². The van der Waals surface area contributed by atoms with Gasteiger partial charge in [0.1, 0.15) is 5.82 Å². The lowest BCUT2D eigenvalue weighted by molar-refractivity contribution is 0.365. The SMILES string of the molecule is C=C(c1ccc(C)cn1)N1CCN(c2ncc(C3CC3)cc2C2CC2)CC1. The second kappa shape index (κ2) is 6.66. The Balaban J connectivity index is 1.29. The van der Waals surface area contributed by atoms with Crippen LogP contribution >= 0.6 is 0 Å². The second-order valence-corrected chi connectivity index (χ2v) is 8.37. The average molecular weight is 361 g/mol. The van der Waals surface area contributed by atoms with Crippen LogP contribution in [-0.4, -0.2) is 41.0 Å². The molecule has 2 aromatic heterocycles. The average Bonchev–Trinajstić information content (AvgIpc) is 3.60. The van der Waals surface area contributed by atoms with E-state index >= 15 is 0 Å². The summed E-state index contributed by atoms with van der Waals surface area (Å²) in [6.07, 6.45) is 9.42. The van der Waals surface area contributed by atoms with Crippen molar-refractivity contribution in [1.29, 1.82) is 0 Å². The van der Waals surface area contributed by atoms with Crippen molar-refractivity contribution < 1.29 is 0 Å². The van der Waals surface area contributed by atoms with Crippen molar-refractivity contribution in [3.63, 3.8) is 0 Å². The van der Waals surface area contributed by atoms with Crippen LogP contribution in [0.25, 0.3) is 5.70 Å². The van der Waals surface area contributed by atoms with Gasteiger partial charge in [0.15, 0.2) is 0 Å². The Morgan fingerprint density at radius 1 is 0.963 bits per heavy atom. The molecular weight excluding hydrogens is 332 g/mol. The molecule has 0 aromatic carbocycles. The first-order valence-electron chi connectivity index (χ1n) is 10.3. The van der Waals surface area contributed by atoms with E-state index in [4.69, 9.17) is 4.98 Å². The van der Waals surface area contributed by atoms with Crippen LogP contribution in [0.1, 0.15) is 59.9 Å². The van der Waals surface area contributed by atoms with Crippen molar-refractivity contribution in [1.82, 2.24) is 14.9 Å². The molecule has 2 aromatic rings. The molecule has 1 aliphatic heterocycles. The third-order valence-electron chi connectivity index (χ3n) is 6.15. The van der Waals surface area contributed by atoms with Gasteiger partial charge in [0.2, 0.25) is 0 Å². The quantitative estimate of drug-likeness (QED) is 0.794.